The van der Waals surface area contributed by atoms with E-state index < -0.39 is 0 Å². The van der Waals surface area contributed by atoms with Crippen LogP contribution in [0.15, 0.2) is 67.0 Å². The zero-order valence-electron chi connectivity index (χ0n) is 16.3. The topological polar surface area (TPSA) is 50.2 Å². The number of aromatic nitrogens is 2. The van der Waals surface area contributed by atoms with Crippen molar-refractivity contribution in [3.63, 3.8) is 0 Å². The molecule has 3 heterocycles. The zero-order valence-corrected chi connectivity index (χ0v) is 16.3. The van der Waals surface area contributed by atoms with Crippen molar-refractivity contribution in [2.24, 2.45) is 0 Å². The second-order valence-corrected chi connectivity index (χ2v) is 7.50. The molecule has 4 aromatic rings. The molecule has 2 aromatic heterocycles. The van der Waals surface area contributed by atoms with Gasteiger partial charge in [-0.1, -0.05) is 24.3 Å². The average Bonchev–Trinajstić information content (AvgIpc) is 3.13. The second kappa shape index (κ2) is 7.18. The van der Waals surface area contributed by atoms with Crippen molar-refractivity contribution in [2.75, 3.05) is 25.5 Å². The van der Waals surface area contributed by atoms with Gasteiger partial charge in [-0.2, -0.15) is 0 Å². The van der Waals surface area contributed by atoms with Crippen LogP contribution in [0.25, 0.3) is 33.1 Å². The Kier molecular flexibility index (Phi) is 4.37. The van der Waals surface area contributed by atoms with Gasteiger partial charge in [-0.3, -0.25) is 9.78 Å². The van der Waals surface area contributed by atoms with E-state index in [1.807, 2.05) is 30.5 Å². The number of nitrogens with one attached hydrogen (secondary N) is 1. The standard InChI is InChI=1S/C24H22N4O/c1-27-12-9-17(10-13-27)21-15-28(23-7-6-18(26-16-29)14-20(21)23)24-8-11-25-22-5-3-2-4-19(22)24/h2-9,11,14-16H,10,12-13H2,1H3,(H,26,29). The molecule has 0 aliphatic carbocycles. The summed E-state index contributed by atoms with van der Waals surface area (Å²) in [5, 5.41) is 5.05. The van der Waals surface area contributed by atoms with Crippen molar-refractivity contribution in [2.45, 2.75) is 6.42 Å². The molecule has 0 saturated heterocycles. The Bertz CT molecular complexity index is 1250. The number of carbonyl (C=O) groups excluding carboxylic acids is 1. The number of rotatable bonds is 4. The molecule has 0 fully saturated rings. The molecule has 0 atom stereocenters. The number of fused-ring (bicyclic) bond motifs is 2. The van der Waals surface area contributed by atoms with E-state index in [1.165, 1.54) is 11.1 Å². The number of hydrogen-bond donors (Lipinski definition) is 1. The third-order valence-electron chi connectivity index (χ3n) is 5.67. The quantitative estimate of drug-likeness (QED) is 0.530. The molecule has 1 amide bonds. The molecule has 2 aromatic carbocycles. The van der Waals surface area contributed by atoms with Gasteiger partial charge >= 0.3 is 0 Å². The summed E-state index contributed by atoms with van der Waals surface area (Å²) in [6.07, 6.45) is 8.14. The fourth-order valence-electron chi connectivity index (χ4n) is 4.15. The highest BCUT2D eigenvalue weighted by atomic mass is 16.1. The monoisotopic (exact) mass is 382 g/mol. The van der Waals surface area contributed by atoms with E-state index in [0.29, 0.717) is 0 Å². The molecule has 0 saturated carbocycles. The molecule has 29 heavy (non-hydrogen) atoms. The minimum Gasteiger partial charge on any atom is -0.329 e. The number of hydrogen-bond acceptors (Lipinski definition) is 3. The Morgan fingerprint density at radius 3 is 2.83 bits per heavy atom. The minimum absolute atomic E-state index is 0.725. The van der Waals surface area contributed by atoms with E-state index in [-0.39, 0.29) is 0 Å². The Balaban J connectivity index is 1.77. The van der Waals surface area contributed by atoms with Gasteiger partial charge in [0.1, 0.15) is 0 Å². The van der Waals surface area contributed by atoms with Crippen LogP contribution in [0.1, 0.15) is 12.0 Å². The van der Waals surface area contributed by atoms with Crippen LogP contribution in [0.4, 0.5) is 5.69 Å². The van der Waals surface area contributed by atoms with Crippen LogP contribution in [-0.2, 0) is 4.79 Å². The van der Waals surface area contributed by atoms with Gasteiger partial charge in [0.05, 0.1) is 16.7 Å². The second-order valence-electron chi connectivity index (χ2n) is 7.50. The van der Waals surface area contributed by atoms with Crippen LogP contribution in [-0.4, -0.2) is 41.0 Å². The highest BCUT2D eigenvalue weighted by molar-refractivity contribution is 5.99. The molecule has 0 bridgehead atoms. The smallest absolute Gasteiger partial charge is 0.211 e. The molecular weight excluding hydrogens is 360 g/mol. The number of pyridine rings is 1. The fourth-order valence-corrected chi connectivity index (χ4v) is 4.15. The minimum atomic E-state index is 0.725. The maximum absolute atomic E-state index is 11.0. The lowest BCUT2D eigenvalue weighted by Crippen LogP contribution is -2.23. The summed E-state index contributed by atoms with van der Waals surface area (Å²) >= 11 is 0. The first-order valence-corrected chi connectivity index (χ1v) is 9.82. The van der Waals surface area contributed by atoms with Gasteiger partial charge < -0.3 is 14.8 Å². The van der Waals surface area contributed by atoms with Crippen LogP contribution < -0.4 is 5.32 Å². The van der Waals surface area contributed by atoms with E-state index in [9.17, 15) is 4.79 Å². The number of amides is 1. The van der Waals surface area contributed by atoms with E-state index in [2.05, 4.69) is 63.4 Å². The first kappa shape index (κ1) is 17.6. The van der Waals surface area contributed by atoms with Crippen LogP contribution in [0.2, 0.25) is 0 Å². The van der Waals surface area contributed by atoms with E-state index in [0.717, 1.165) is 59.1 Å². The number of benzene rings is 2. The predicted molar refractivity (Wildman–Crippen MR) is 118 cm³/mol. The normalized spacial score (nSPS) is 14.9. The molecule has 0 radical (unpaired) electrons. The van der Waals surface area contributed by atoms with Crippen molar-refractivity contribution < 1.29 is 4.79 Å². The maximum atomic E-state index is 11.0. The Morgan fingerprint density at radius 2 is 2.00 bits per heavy atom. The lowest BCUT2D eigenvalue weighted by Gasteiger charge is -2.21. The molecular formula is C24H22N4O. The van der Waals surface area contributed by atoms with Crippen molar-refractivity contribution in [1.82, 2.24) is 14.5 Å². The van der Waals surface area contributed by atoms with Gasteiger partial charge in [-0.05, 0) is 49.4 Å². The largest absolute Gasteiger partial charge is 0.329 e. The van der Waals surface area contributed by atoms with Crippen molar-refractivity contribution in [3.8, 4) is 5.69 Å². The molecule has 5 heteroatoms. The van der Waals surface area contributed by atoms with E-state index in [4.69, 9.17) is 0 Å². The summed E-state index contributed by atoms with van der Waals surface area (Å²) in [5.41, 5.74) is 6.59. The first-order valence-electron chi connectivity index (χ1n) is 9.82. The summed E-state index contributed by atoms with van der Waals surface area (Å²) in [7, 11) is 2.14. The Labute approximate surface area is 169 Å². The average molecular weight is 382 g/mol. The van der Waals surface area contributed by atoms with Crippen LogP contribution in [0, 0.1) is 0 Å². The van der Waals surface area contributed by atoms with Crippen molar-refractivity contribution >= 4 is 39.5 Å². The number of carbonyl (C=O) groups is 1. The van der Waals surface area contributed by atoms with Gasteiger partial charge in [0, 0.05) is 47.5 Å². The molecule has 5 rings (SSSR count). The van der Waals surface area contributed by atoms with Gasteiger partial charge in [0.15, 0.2) is 0 Å². The van der Waals surface area contributed by atoms with Crippen molar-refractivity contribution in [3.05, 3.63) is 72.6 Å². The molecule has 0 unspecified atom stereocenters. The summed E-state index contributed by atoms with van der Waals surface area (Å²) in [4.78, 5) is 17.8. The fraction of sp³-hybridized carbons (Fsp3) is 0.167. The Morgan fingerprint density at radius 1 is 1.10 bits per heavy atom. The van der Waals surface area contributed by atoms with Crippen LogP contribution in [0.3, 0.4) is 0 Å². The predicted octanol–water partition coefficient (Wildman–Crippen LogP) is 4.47. The third kappa shape index (κ3) is 3.09. The molecule has 5 nitrogen and oxygen atoms in total. The SMILES string of the molecule is CN1CC=C(c2cn(-c3ccnc4ccccc34)c3ccc(NC=O)cc23)CC1. The van der Waals surface area contributed by atoms with Crippen molar-refractivity contribution in [1.29, 1.82) is 0 Å². The van der Waals surface area contributed by atoms with E-state index in [1.54, 1.807) is 0 Å². The summed E-state index contributed by atoms with van der Waals surface area (Å²) < 4.78 is 2.25. The number of nitrogens with zero attached hydrogens (tertiary/aromatic N) is 3. The zero-order chi connectivity index (χ0) is 19.8. The van der Waals surface area contributed by atoms with Crippen LogP contribution >= 0.6 is 0 Å². The summed E-state index contributed by atoms with van der Waals surface area (Å²) in [6, 6.07) is 16.4. The Hall–Kier alpha value is -3.44. The first-order chi connectivity index (χ1) is 14.2. The van der Waals surface area contributed by atoms with Gasteiger partial charge in [0.25, 0.3) is 0 Å². The number of para-hydroxylation sites is 1. The van der Waals surface area contributed by atoms with Gasteiger partial charge in [-0.25, -0.2) is 0 Å². The molecule has 1 aliphatic rings. The molecule has 0 spiro atoms. The van der Waals surface area contributed by atoms with Gasteiger partial charge in [0.2, 0.25) is 6.41 Å². The number of likely N-dealkylation sites (N-methyl/N-ethyl adjacent to an activating group) is 1. The molecule has 1 aliphatic heterocycles. The highest BCUT2D eigenvalue weighted by Crippen LogP contribution is 2.35. The number of anilines is 1. The molecule has 1 N–H and O–H groups in total. The lowest BCUT2D eigenvalue weighted by molar-refractivity contribution is -0.105. The van der Waals surface area contributed by atoms with Crippen LogP contribution in [0.5, 0.6) is 0 Å². The lowest BCUT2D eigenvalue weighted by atomic mass is 9.99. The summed E-state index contributed by atoms with van der Waals surface area (Å²) in [6.45, 7) is 2.00. The summed E-state index contributed by atoms with van der Waals surface area (Å²) in [5.74, 6) is 0. The maximum Gasteiger partial charge on any atom is 0.211 e. The highest BCUT2D eigenvalue weighted by Gasteiger charge is 2.17. The van der Waals surface area contributed by atoms with E-state index >= 15 is 0 Å². The van der Waals surface area contributed by atoms with Gasteiger partial charge in [-0.15, -0.1) is 0 Å². The third-order valence-corrected chi connectivity index (χ3v) is 5.67. The molecule has 144 valence electrons.